The van der Waals surface area contributed by atoms with Crippen LogP contribution in [0.3, 0.4) is 0 Å². The number of hydrogen-bond acceptors (Lipinski definition) is 6. The maximum atomic E-state index is 5.80. The molecule has 112 valence electrons. The zero-order valence-corrected chi connectivity index (χ0v) is 12.6. The van der Waals surface area contributed by atoms with Gasteiger partial charge in [0.05, 0.1) is 12.8 Å². The molecule has 0 spiro atoms. The van der Waals surface area contributed by atoms with Gasteiger partial charge < -0.3 is 20.7 Å². The molecule has 0 amide bonds. The molecule has 0 bridgehead atoms. The number of ether oxygens (including phenoxy) is 1. The van der Waals surface area contributed by atoms with Crippen LogP contribution in [0.5, 0.6) is 5.75 Å². The molecule has 2 rings (SSSR count). The van der Waals surface area contributed by atoms with Crippen molar-refractivity contribution in [3.05, 3.63) is 30.3 Å². The molecule has 1 aromatic carbocycles. The van der Waals surface area contributed by atoms with Gasteiger partial charge in [-0.1, -0.05) is 19.1 Å². The number of nitrogens with one attached hydrogen (secondary N) is 1. The van der Waals surface area contributed by atoms with Crippen molar-refractivity contribution in [2.45, 2.75) is 13.3 Å². The third-order valence-electron chi connectivity index (χ3n) is 3.08. The van der Waals surface area contributed by atoms with E-state index < -0.39 is 0 Å². The quantitative estimate of drug-likeness (QED) is 0.850. The van der Waals surface area contributed by atoms with Crippen molar-refractivity contribution in [2.24, 2.45) is 0 Å². The predicted molar refractivity (Wildman–Crippen MR) is 86.3 cm³/mol. The Morgan fingerprint density at radius 2 is 2.05 bits per heavy atom. The van der Waals surface area contributed by atoms with E-state index in [0.717, 1.165) is 30.2 Å². The van der Waals surface area contributed by atoms with Gasteiger partial charge in [-0.15, -0.1) is 0 Å². The molecule has 21 heavy (non-hydrogen) atoms. The summed E-state index contributed by atoms with van der Waals surface area (Å²) in [5.41, 5.74) is 6.71. The number of hydrogen-bond donors (Lipinski definition) is 2. The molecule has 0 saturated heterocycles. The van der Waals surface area contributed by atoms with Crippen LogP contribution in [0.1, 0.15) is 13.3 Å². The Bertz CT molecular complexity index is 602. The van der Waals surface area contributed by atoms with E-state index in [1.807, 2.05) is 42.3 Å². The predicted octanol–water partition coefficient (Wildman–Crippen LogP) is 2.66. The molecule has 0 fully saturated rings. The van der Waals surface area contributed by atoms with Crippen molar-refractivity contribution in [3.8, 4) is 5.75 Å². The molecule has 0 radical (unpaired) electrons. The molecule has 2 aromatic rings. The van der Waals surface area contributed by atoms with Gasteiger partial charge in [0.25, 0.3) is 0 Å². The van der Waals surface area contributed by atoms with E-state index in [2.05, 4.69) is 22.2 Å². The van der Waals surface area contributed by atoms with Gasteiger partial charge in [-0.2, -0.15) is 9.97 Å². The molecule has 1 heterocycles. The van der Waals surface area contributed by atoms with Gasteiger partial charge in [-0.3, -0.25) is 0 Å². The molecular formula is C15H21N5O. The van der Waals surface area contributed by atoms with Gasteiger partial charge in [0.15, 0.2) is 0 Å². The van der Waals surface area contributed by atoms with E-state index in [0.29, 0.717) is 5.82 Å². The topological polar surface area (TPSA) is 76.3 Å². The third-order valence-corrected chi connectivity index (χ3v) is 3.08. The Labute approximate surface area is 125 Å². The van der Waals surface area contributed by atoms with Crippen LogP contribution in [0.15, 0.2) is 30.3 Å². The van der Waals surface area contributed by atoms with Gasteiger partial charge in [-0.05, 0) is 18.6 Å². The largest absolute Gasteiger partial charge is 0.495 e. The van der Waals surface area contributed by atoms with E-state index in [-0.39, 0.29) is 5.95 Å². The van der Waals surface area contributed by atoms with Crippen LogP contribution >= 0.6 is 0 Å². The summed E-state index contributed by atoms with van der Waals surface area (Å²) < 4.78 is 5.38. The maximum Gasteiger partial charge on any atom is 0.223 e. The second-order valence-corrected chi connectivity index (χ2v) is 4.63. The minimum absolute atomic E-state index is 0.243. The number of nitrogens with two attached hydrogens (primary N) is 1. The summed E-state index contributed by atoms with van der Waals surface area (Å²) in [4.78, 5) is 10.4. The van der Waals surface area contributed by atoms with Crippen molar-refractivity contribution >= 4 is 23.3 Å². The van der Waals surface area contributed by atoms with Crippen LogP contribution in [-0.2, 0) is 0 Å². The van der Waals surface area contributed by atoms with E-state index in [1.54, 1.807) is 7.11 Å². The molecule has 6 heteroatoms. The van der Waals surface area contributed by atoms with Crippen LogP contribution in [0.25, 0.3) is 0 Å². The number of benzene rings is 1. The number of aromatic nitrogens is 2. The third kappa shape index (κ3) is 3.53. The zero-order valence-electron chi connectivity index (χ0n) is 12.6. The second kappa shape index (κ2) is 6.78. The lowest BCUT2D eigenvalue weighted by atomic mass is 10.2. The standard InChI is InChI=1S/C15H21N5O/c1-4-9-17-13-10-14(19-15(16)18-13)20(2)11-7-5-6-8-12(11)21-3/h5-8,10H,4,9H2,1-3H3,(H3,16,17,18,19). The van der Waals surface area contributed by atoms with Gasteiger partial charge in [0.2, 0.25) is 5.95 Å². The van der Waals surface area contributed by atoms with E-state index in [9.17, 15) is 0 Å². The summed E-state index contributed by atoms with van der Waals surface area (Å²) in [6.07, 6.45) is 1.02. The summed E-state index contributed by atoms with van der Waals surface area (Å²) in [6.45, 7) is 2.94. The number of rotatable bonds is 6. The lowest BCUT2D eigenvalue weighted by Gasteiger charge is -2.21. The van der Waals surface area contributed by atoms with Crippen LogP contribution in [0.4, 0.5) is 23.3 Å². The normalized spacial score (nSPS) is 10.2. The minimum atomic E-state index is 0.243. The van der Waals surface area contributed by atoms with Crippen LogP contribution in [-0.4, -0.2) is 30.7 Å². The van der Waals surface area contributed by atoms with Crippen LogP contribution in [0, 0.1) is 0 Å². The first-order valence-electron chi connectivity index (χ1n) is 6.91. The van der Waals surface area contributed by atoms with E-state index in [4.69, 9.17) is 10.5 Å². The number of nitrogen functional groups attached to an aromatic ring is 1. The van der Waals surface area contributed by atoms with Gasteiger partial charge in [-0.25, -0.2) is 0 Å². The number of nitrogens with zero attached hydrogens (tertiary/aromatic N) is 3. The second-order valence-electron chi connectivity index (χ2n) is 4.63. The average Bonchev–Trinajstić information content (AvgIpc) is 2.51. The van der Waals surface area contributed by atoms with Crippen molar-refractivity contribution in [1.29, 1.82) is 0 Å². The number of methoxy groups -OCH3 is 1. The molecular weight excluding hydrogens is 266 g/mol. The van der Waals surface area contributed by atoms with Gasteiger partial charge >= 0.3 is 0 Å². The van der Waals surface area contributed by atoms with Crippen molar-refractivity contribution < 1.29 is 4.74 Å². The monoisotopic (exact) mass is 287 g/mol. The Balaban J connectivity index is 2.34. The molecule has 0 aliphatic heterocycles. The fourth-order valence-electron chi connectivity index (χ4n) is 2.00. The molecule has 0 atom stereocenters. The van der Waals surface area contributed by atoms with E-state index in [1.165, 1.54) is 0 Å². The number of para-hydroxylation sites is 2. The lowest BCUT2D eigenvalue weighted by molar-refractivity contribution is 0.415. The fourth-order valence-corrected chi connectivity index (χ4v) is 2.00. The van der Waals surface area contributed by atoms with Crippen LogP contribution < -0.4 is 20.7 Å². The van der Waals surface area contributed by atoms with Crippen molar-refractivity contribution in [1.82, 2.24) is 9.97 Å². The summed E-state index contributed by atoms with van der Waals surface area (Å²) >= 11 is 0. The zero-order chi connectivity index (χ0) is 15.2. The average molecular weight is 287 g/mol. The van der Waals surface area contributed by atoms with Crippen molar-refractivity contribution in [3.63, 3.8) is 0 Å². The first kappa shape index (κ1) is 14.9. The molecule has 3 N–H and O–H groups in total. The van der Waals surface area contributed by atoms with Crippen molar-refractivity contribution in [2.75, 3.05) is 36.7 Å². The van der Waals surface area contributed by atoms with Crippen LogP contribution in [0.2, 0.25) is 0 Å². The smallest absolute Gasteiger partial charge is 0.223 e. The van der Waals surface area contributed by atoms with Gasteiger partial charge in [0.1, 0.15) is 17.4 Å². The fraction of sp³-hybridized carbons (Fsp3) is 0.333. The molecule has 0 aliphatic carbocycles. The molecule has 0 aliphatic rings. The molecule has 0 unspecified atom stereocenters. The highest BCUT2D eigenvalue weighted by Gasteiger charge is 2.12. The first-order valence-corrected chi connectivity index (χ1v) is 6.91. The summed E-state index contributed by atoms with van der Waals surface area (Å²) in [5, 5.41) is 3.22. The molecule has 6 nitrogen and oxygen atoms in total. The highest BCUT2D eigenvalue weighted by Crippen LogP contribution is 2.32. The maximum absolute atomic E-state index is 5.80. The SMILES string of the molecule is CCCNc1cc(N(C)c2ccccc2OC)nc(N)n1. The number of anilines is 4. The summed E-state index contributed by atoms with van der Waals surface area (Å²) in [7, 11) is 3.57. The summed E-state index contributed by atoms with van der Waals surface area (Å²) in [6, 6.07) is 9.63. The lowest BCUT2D eigenvalue weighted by Crippen LogP contribution is -2.15. The Kier molecular flexibility index (Phi) is 4.81. The van der Waals surface area contributed by atoms with Gasteiger partial charge in [0, 0.05) is 19.7 Å². The first-order chi connectivity index (χ1) is 10.2. The Morgan fingerprint density at radius 3 is 2.76 bits per heavy atom. The highest BCUT2D eigenvalue weighted by molar-refractivity contribution is 5.68. The molecule has 1 aromatic heterocycles. The Morgan fingerprint density at radius 1 is 1.29 bits per heavy atom. The Hall–Kier alpha value is -2.50. The highest BCUT2D eigenvalue weighted by atomic mass is 16.5. The van der Waals surface area contributed by atoms with E-state index >= 15 is 0 Å². The minimum Gasteiger partial charge on any atom is -0.495 e. The molecule has 0 saturated carbocycles. The summed E-state index contributed by atoms with van der Waals surface area (Å²) in [5.74, 6) is 2.46.